The van der Waals surface area contributed by atoms with Crippen molar-refractivity contribution in [1.29, 1.82) is 0 Å². The highest BCUT2D eigenvalue weighted by Gasteiger charge is 2.48. The summed E-state index contributed by atoms with van der Waals surface area (Å²) in [5.41, 5.74) is -0.317. The molecule has 1 amide bonds. The first kappa shape index (κ1) is 34.9. The minimum atomic E-state index is -1.12. The Morgan fingerprint density at radius 1 is 0.780 bits per heavy atom. The molecule has 0 bridgehead atoms. The summed E-state index contributed by atoms with van der Waals surface area (Å²) in [6, 6.07) is 0.308. The molecule has 2 spiro atoms. The molecular weight excluding hydrogens is 564 g/mol. The molecule has 4 aliphatic heterocycles. The Hall–Kier alpha value is -0.630. The molecule has 4 saturated heterocycles. The Kier molecular flexibility index (Phi) is 11.5. The molecule has 0 aliphatic carbocycles. The molecule has 4 atom stereocenters. The summed E-state index contributed by atoms with van der Waals surface area (Å²) in [5, 5.41) is 3.38. The lowest BCUT2D eigenvalue weighted by Gasteiger charge is -2.42. The standard InChI is InChI=1S/C17H32N2O4S.C12H24N2O2S/c1-15(2,3)23-14(20)19-9-7-17(8-10-19)12-22-11-13(17)18-24(21)16(4,5)6;1-11(2,3)17(15)14-10-8-16-9-12(10)4-6-13-7-5-12/h13,18H,7-12H2,1-6H3;10,13-14H,4-9H2,1-3H3/t13-,24-;10-,17-/m11/s1. The fourth-order valence-corrected chi connectivity index (χ4v) is 7.48. The van der Waals surface area contributed by atoms with E-state index in [9.17, 15) is 13.2 Å². The summed E-state index contributed by atoms with van der Waals surface area (Å²) in [5.74, 6) is 0. The van der Waals surface area contributed by atoms with Crippen LogP contribution in [0, 0.1) is 10.8 Å². The molecule has 4 aliphatic rings. The van der Waals surface area contributed by atoms with Gasteiger partial charge in [0.15, 0.2) is 0 Å². The number of nitrogens with zero attached hydrogens (tertiary/aromatic N) is 1. The average Bonchev–Trinajstić information content (AvgIpc) is 3.41. The Labute approximate surface area is 253 Å². The molecule has 0 saturated carbocycles. The van der Waals surface area contributed by atoms with Gasteiger partial charge in [-0.15, -0.1) is 0 Å². The Balaban J connectivity index is 0.000000239. The van der Waals surface area contributed by atoms with Crippen molar-refractivity contribution in [1.82, 2.24) is 19.7 Å². The predicted octanol–water partition coefficient (Wildman–Crippen LogP) is 3.26. The number of nitrogens with one attached hydrogen (secondary N) is 3. The van der Waals surface area contributed by atoms with E-state index in [0.29, 0.717) is 32.9 Å². The first-order valence-electron chi connectivity index (χ1n) is 15.1. The molecule has 0 unspecified atom stereocenters. The van der Waals surface area contributed by atoms with E-state index in [-0.39, 0.29) is 38.5 Å². The van der Waals surface area contributed by atoms with E-state index >= 15 is 0 Å². The van der Waals surface area contributed by atoms with Gasteiger partial charge < -0.3 is 24.4 Å². The van der Waals surface area contributed by atoms with Crippen LogP contribution < -0.4 is 14.8 Å². The maximum atomic E-state index is 12.4. The van der Waals surface area contributed by atoms with Gasteiger partial charge >= 0.3 is 6.09 Å². The number of hydrogen-bond donors (Lipinski definition) is 3. The van der Waals surface area contributed by atoms with Crippen LogP contribution in [0.15, 0.2) is 0 Å². The van der Waals surface area contributed by atoms with Gasteiger partial charge in [0.05, 0.1) is 70.0 Å². The van der Waals surface area contributed by atoms with Crippen molar-refractivity contribution in [2.75, 3.05) is 52.6 Å². The Morgan fingerprint density at radius 3 is 1.59 bits per heavy atom. The highest BCUT2D eigenvalue weighted by Crippen LogP contribution is 2.40. The fourth-order valence-electron chi connectivity index (χ4n) is 5.62. The molecule has 4 fully saturated rings. The predicted molar refractivity (Wildman–Crippen MR) is 165 cm³/mol. The molecule has 0 aromatic rings. The zero-order valence-electron chi connectivity index (χ0n) is 26.9. The fraction of sp³-hybridized carbons (Fsp3) is 0.966. The molecule has 4 rings (SSSR count). The topological polar surface area (TPSA) is 118 Å². The molecule has 4 heterocycles. The van der Waals surface area contributed by atoms with Crippen LogP contribution in [0.4, 0.5) is 4.79 Å². The second-order valence-electron chi connectivity index (χ2n) is 15.1. The second kappa shape index (κ2) is 13.6. The van der Waals surface area contributed by atoms with Crippen molar-refractivity contribution >= 4 is 28.1 Å². The average molecular weight is 621 g/mol. The van der Waals surface area contributed by atoms with Crippen molar-refractivity contribution in [2.24, 2.45) is 10.8 Å². The highest BCUT2D eigenvalue weighted by molar-refractivity contribution is 7.84. The van der Waals surface area contributed by atoms with Crippen molar-refractivity contribution in [2.45, 2.75) is 115 Å². The second-order valence-corrected chi connectivity index (χ2v) is 19.1. The quantitative estimate of drug-likeness (QED) is 0.442. The number of rotatable bonds is 4. The van der Waals surface area contributed by atoms with Gasteiger partial charge in [-0.05, 0) is 101 Å². The van der Waals surface area contributed by atoms with Crippen molar-refractivity contribution in [3.05, 3.63) is 0 Å². The first-order valence-corrected chi connectivity index (χ1v) is 17.4. The minimum Gasteiger partial charge on any atom is -0.444 e. The van der Waals surface area contributed by atoms with Crippen molar-refractivity contribution in [3.8, 4) is 0 Å². The first-order chi connectivity index (χ1) is 18.9. The van der Waals surface area contributed by atoms with Gasteiger partial charge in [0.25, 0.3) is 0 Å². The molecule has 240 valence electrons. The summed E-state index contributed by atoms with van der Waals surface area (Å²) >= 11 is 0. The van der Waals surface area contributed by atoms with E-state index in [4.69, 9.17) is 14.2 Å². The van der Waals surface area contributed by atoms with Gasteiger partial charge in [-0.1, -0.05) is 0 Å². The number of ether oxygens (including phenoxy) is 3. The van der Waals surface area contributed by atoms with Gasteiger partial charge in [-0.25, -0.2) is 22.7 Å². The third-order valence-corrected chi connectivity index (χ3v) is 11.7. The zero-order chi connectivity index (χ0) is 30.7. The summed E-state index contributed by atoms with van der Waals surface area (Å²) in [6.07, 6.45) is 3.66. The van der Waals surface area contributed by atoms with Gasteiger partial charge in [0, 0.05) is 23.9 Å². The number of amides is 1. The molecule has 12 heteroatoms. The molecular formula is C29H56N4O6S2. The van der Waals surface area contributed by atoms with E-state index in [1.165, 1.54) is 0 Å². The van der Waals surface area contributed by atoms with E-state index in [1.807, 2.05) is 62.3 Å². The van der Waals surface area contributed by atoms with E-state index < -0.39 is 27.6 Å². The van der Waals surface area contributed by atoms with Gasteiger partial charge in [0.1, 0.15) is 5.60 Å². The maximum Gasteiger partial charge on any atom is 0.410 e. The number of likely N-dealkylation sites (tertiary alicyclic amines) is 1. The van der Waals surface area contributed by atoms with Crippen LogP contribution >= 0.6 is 0 Å². The van der Waals surface area contributed by atoms with E-state index in [2.05, 4.69) is 14.8 Å². The normalized spacial score (nSPS) is 27.8. The van der Waals surface area contributed by atoms with Crippen LogP contribution in [-0.4, -0.2) is 99.2 Å². The van der Waals surface area contributed by atoms with E-state index in [0.717, 1.165) is 45.4 Å². The summed E-state index contributed by atoms with van der Waals surface area (Å²) < 4.78 is 47.5. The number of carbonyl (C=O) groups is 1. The van der Waals surface area contributed by atoms with Crippen molar-refractivity contribution in [3.63, 3.8) is 0 Å². The number of piperidine rings is 2. The third-order valence-electron chi connectivity index (χ3n) is 8.45. The van der Waals surface area contributed by atoms with Crippen LogP contribution in [0.3, 0.4) is 0 Å². The van der Waals surface area contributed by atoms with Crippen LogP contribution in [0.25, 0.3) is 0 Å². The molecule has 3 N–H and O–H groups in total. The lowest BCUT2D eigenvalue weighted by molar-refractivity contribution is 0.00667. The van der Waals surface area contributed by atoms with Gasteiger partial charge in [0.2, 0.25) is 0 Å². The summed E-state index contributed by atoms with van der Waals surface area (Å²) in [7, 11) is -2.13. The van der Waals surface area contributed by atoms with Crippen LogP contribution in [-0.2, 0) is 36.2 Å². The molecule has 0 aromatic carbocycles. The summed E-state index contributed by atoms with van der Waals surface area (Å²) in [4.78, 5) is 14.0. The maximum absolute atomic E-state index is 12.4. The molecule has 41 heavy (non-hydrogen) atoms. The Bertz CT molecular complexity index is 929. The lowest BCUT2D eigenvalue weighted by atomic mass is 9.75. The summed E-state index contributed by atoms with van der Waals surface area (Å²) in [6.45, 7) is 23.7. The molecule has 0 aromatic heterocycles. The van der Waals surface area contributed by atoms with Crippen LogP contribution in [0.1, 0.15) is 88.0 Å². The molecule has 10 nitrogen and oxygen atoms in total. The number of carbonyl (C=O) groups excluding carboxylic acids is 1. The van der Waals surface area contributed by atoms with Crippen molar-refractivity contribution < 1.29 is 27.4 Å². The Morgan fingerprint density at radius 2 is 1.20 bits per heavy atom. The lowest BCUT2D eigenvalue weighted by Crippen LogP contribution is -2.54. The van der Waals surface area contributed by atoms with Crippen LogP contribution in [0.5, 0.6) is 0 Å². The molecule has 0 radical (unpaired) electrons. The zero-order valence-corrected chi connectivity index (χ0v) is 28.5. The van der Waals surface area contributed by atoms with Crippen LogP contribution in [0.2, 0.25) is 0 Å². The monoisotopic (exact) mass is 620 g/mol. The number of hydrogen-bond acceptors (Lipinski definition) is 7. The smallest absolute Gasteiger partial charge is 0.410 e. The van der Waals surface area contributed by atoms with E-state index in [1.54, 1.807) is 4.90 Å². The largest absolute Gasteiger partial charge is 0.444 e. The third kappa shape index (κ3) is 9.43. The SMILES string of the molecule is CC(C)(C)OC(=O)N1CCC2(CC1)COC[C@H]2N[S@](=O)C(C)(C)C.CC(C)(C)[S@@](=O)N[C@@H]1COCC12CCNCC2. The minimum absolute atomic E-state index is 0.0422. The highest BCUT2D eigenvalue weighted by atomic mass is 32.2. The van der Waals surface area contributed by atoms with Gasteiger partial charge in [-0.3, -0.25) is 0 Å². The van der Waals surface area contributed by atoms with Gasteiger partial charge in [-0.2, -0.15) is 0 Å².